The number of hydrogen-bond acceptors (Lipinski definition) is 2. The largest absolute Gasteiger partial charge is 0.481 e. The van der Waals surface area contributed by atoms with Gasteiger partial charge >= 0.3 is 5.97 Å². The molecule has 0 bridgehead atoms. The summed E-state index contributed by atoms with van der Waals surface area (Å²) in [6, 6.07) is 1.39. The van der Waals surface area contributed by atoms with Crippen LogP contribution in [-0.2, 0) is 4.79 Å². The highest BCUT2D eigenvalue weighted by atomic mass is 35.5. The highest BCUT2D eigenvalue weighted by Crippen LogP contribution is 2.20. The van der Waals surface area contributed by atoms with Gasteiger partial charge in [-0.2, -0.15) is 0 Å². The highest BCUT2D eigenvalue weighted by molar-refractivity contribution is 6.33. The first-order chi connectivity index (χ1) is 9.72. The molecule has 1 aromatic carbocycles. The smallest absolute Gasteiger partial charge is 0.308 e. The lowest BCUT2D eigenvalue weighted by molar-refractivity contribution is -0.142. The van der Waals surface area contributed by atoms with E-state index in [1.54, 1.807) is 0 Å². The molecule has 0 radical (unpaired) electrons. The fourth-order valence-electron chi connectivity index (χ4n) is 1.85. The van der Waals surface area contributed by atoms with Crippen LogP contribution in [0, 0.1) is 23.5 Å². The van der Waals surface area contributed by atoms with Gasteiger partial charge in [0.15, 0.2) is 11.6 Å². The molecule has 0 fully saturated rings. The molecule has 1 amide bonds. The third-order valence-electron chi connectivity index (χ3n) is 2.87. The zero-order valence-electron chi connectivity index (χ0n) is 11.6. The first-order valence-corrected chi connectivity index (χ1v) is 6.75. The number of aliphatic carboxylic acids is 1. The van der Waals surface area contributed by atoms with Crippen LogP contribution in [0.2, 0.25) is 5.02 Å². The summed E-state index contributed by atoms with van der Waals surface area (Å²) >= 11 is 5.67. The standard InChI is InChI=1S/C14H16ClF2NO3/c1-7(2)3-8(14(20)21)6-18-13(19)9-4-11(16)12(17)5-10(9)15/h4-5,7-8H,3,6H2,1-2H3,(H,18,19)(H,20,21). The van der Waals surface area contributed by atoms with Crippen molar-refractivity contribution in [2.24, 2.45) is 11.8 Å². The Morgan fingerprint density at radius 2 is 1.86 bits per heavy atom. The first kappa shape index (κ1) is 17.4. The van der Waals surface area contributed by atoms with Crippen molar-refractivity contribution in [2.75, 3.05) is 6.54 Å². The van der Waals surface area contributed by atoms with Crippen LogP contribution in [0.25, 0.3) is 0 Å². The lowest BCUT2D eigenvalue weighted by atomic mass is 9.97. The molecule has 0 heterocycles. The number of carboxylic acid groups (broad SMARTS) is 1. The Morgan fingerprint density at radius 1 is 1.29 bits per heavy atom. The molecular weight excluding hydrogens is 304 g/mol. The number of halogens is 3. The minimum atomic E-state index is -1.19. The molecular formula is C14H16ClF2NO3. The van der Waals surface area contributed by atoms with Crippen molar-refractivity contribution in [1.29, 1.82) is 0 Å². The summed E-state index contributed by atoms with van der Waals surface area (Å²) in [5.74, 6) is -4.72. The van der Waals surface area contributed by atoms with E-state index in [1.165, 1.54) is 0 Å². The van der Waals surface area contributed by atoms with Crippen molar-refractivity contribution in [3.8, 4) is 0 Å². The van der Waals surface area contributed by atoms with Gasteiger partial charge < -0.3 is 10.4 Å². The van der Waals surface area contributed by atoms with E-state index in [-0.39, 0.29) is 23.0 Å². The lowest BCUT2D eigenvalue weighted by Crippen LogP contribution is -2.33. The summed E-state index contributed by atoms with van der Waals surface area (Å²) in [6.45, 7) is 3.62. The van der Waals surface area contributed by atoms with E-state index in [0.717, 1.165) is 0 Å². The van der Waals surface area contributed by atoms with Gasteiger partial charge in [0.2, 0.25) is 0 Å². The van der Waals surface area contributed by atoms with Gasteiger partial charge in [0.05, 0.1) is 16.5 Å². The third-order valence-corrected chi connectivity index (χ3v) is 3.18. The molecule has 0 aliphatic rings. The molecule has 1 aromatic rings. The molecule has 0 saturated heterocycles. The van der Waals surface area contributed by atoms with E-state index in [0.29, 0.717) is 18.6 Å². The van der Waals surface area contributed by atoms with Crippen LogP contribution in [0.4, 0.5) is 8.78 Å². The fourth-order valence-corrected chi connectivity index (χ4v) is 2.08. The number of carboxylic acids is 1. The SMILES string of the molecule is CC(C)CC(CNC(=O)c1cc(F)c(F)cc1Cl)C(=O)O. The van der Waals surface area contributed by atoms with Gasteiger partial charge in [-0.25, -0.2) is 8.78 Å². The molecule has 1 rings (SSSR count). The number of carbonyl (C=O) groups excluding carboxylic acids is 1. The summed E-state index contributed by atoms with van der Waals surface area (Å²) < 4.78 is 26.0. The monoisotopic (exact) mass is 319 g/mol. The van der Waals surface area contributed by atoms with E-state index >= 15 is 0 Å². The Bertz CT molecular complexity index is 549. The first-order valence-electron chi connectivity index (χ1n) is 6.38. The van der Waals surface area contributed by atoms with Crippen molar-refractivity contribution < 1.29 is 23.5 Å². The molecule has 116 valence electrons. The van der Waals surface area contributed by atoms with Crippen LogP contribution in [0.5, 0.6) is 0 Å². The summed E-state index contributed by atoms with van der Waals surface area (Å²) in [5.41, 5.74) is -0.232. The number of benzene rings is 1. The van der Waals surface area contributed by atoms with Crippen LogP contribution < -0.4 is 5.32 Å². The molecule has 0 saturated carbocycles. The van der Waals surface area contributed by atoms with E-state index < -0.39 is 29.4 Å². The summed E-state index contributed by atoms with van der Waals surface area (Å²) in [5, 5.41) is 11.2. The number of rotatable bonds is 6. The molecule has 0 aliphatic carbocycles. The molecule has 21 heavy (non-hydrogen) atoms. The number of hydrogen-bond donors (Lipinski definition) is 2. The van der Waals surface area contributed by atoms with E-state index in [4.69, 9.17) is 16.7 Å². The number of nitrogens with one attached hydrogen (secondary N) is 1. The fraction of sp³-hybridized carbons (Fsp3) is 0.429. The Labute approximate surface area is 126 Å². The quantitative estimate of drug-likeness (QED) is 0.792. The minimum Gasteiger partial charge on any atom is -0.481 e. The van der Waals surface area contributed by atoms with Gasteiger partial charge in [-0.3, -0.25) is 9.59 Å². The predicted molar refractivity (Wildman–Crippen MR) is 74.3 cm³/mol. The van der Waals surface area contributed by atoms with Crippen molar-refractivity contribution in [3.63, 3.8) is 0 Å². The molecule has 0 spiro atoms. The van der Waals surface area contributed by atoms with E-state index in [9.17, 15) is 18.4 Å². The zero-order chi connectivity index (χ0) is 16.2. The van der Waals surface area contributed by atoms with Crippen LogP contribution >= 0.6 is 11.6 Å². The third kappa shape index (κ3) is 4.97. The van der Waals surface area contributed by atoms with Crippen LogP contribution in [-0.4, -0.2) is 23.5 Å². The molecule has 1 atom stereocenters. The Hall–Kier alpha value is -1.69. The Kier molecular flexibility index (Phi) is 6.08. The maximum atomic E-state index is 13.1. The minimum absolute atomic E-state index is 0.109. The zero-order valence-corrected chi connectivity index (χ0v) is 12.4. The normalized spacial score (nSPS) is 12.3. The second-order valence-corrected chi connectivity index (χ2v) is 5.53. The van der Waals surface area contributed by atoms with E-state index in [1.807, 2.05) is 13.8 Å². The second-order valence-electron chi connectivity index (χ2n) is 5.12. The summed E-state index contributed by atoms with van der Waals surface area (Å²) in [6.07, 6.45) is 0.390. The average Bonchev–Trinajstić information content (AvgIpc) is 2.37. The lowest BCUT2D eigenvalue weighted by Gasteiger charge is -2.15. The predicted octanol–water partition coefficient (Wildman–Crippen LogP) is 3.09. The van der Waals surface area contributed by atoms with Gasteiger partial charge in [-0.1, -0.05) is 25.4 Å². The second kappa shape index (κ2) is 7.36. The number of amides is 1. The van der Waals surface area contributed by atoms with Gasteiger partial charge in [0.25, 0.3) is 5.91 Å². The maximum absolute atomic E-state index is 13.1. The molecule has 7 heteroatoms. The molecule has 4 nitrogen and oxygen atoms in total. The molecule has 0 aliphatic heterocycles. The van der Waals surface area contributed by atoms with Gasteiger partial charge in [0, 0.05) is 6.54 Å². The van der Waals surface area contributed by atoms with Crippen LogP contribution in [0.1, 0.15) is 30.6 Å². The van der Waals surface area contributed by atoms with Crippen LogP contribution in [0.15, 0.2) is 12.1 Å². The Morgan fingerprint density at radius 3 is 2.38 bits per heavy atom. The maximum Gasteiger partial charge on any atom is 0.308 e. The topological polar surface area (TPSA) is 66.4 Å². The molecule has 1 unspecified atom stereocenters. The van der Waals surface area contributed by atoms with Gasteiger partial charge in [-0.05, 0) is 24.5 Å². The molecule has 2 N–H and O–H groups in total. The molecule has 0 aromatic heterocycles. The van der Waals surface area contributed by atoms with Crippen molar-refractivity contribution in [1.82, 2.24) is 5.32 Å². The number of carbonyl (C=O) groups is 2. The summed E-state index contributed by atoms with van der Waals surface area (Å²) in [4.78, 5) is 22.9. The van der Waals surface area contributed by atoms with E-state index in [2.05, 4.69) is 5.32 Å². The van der Waals surface area contributed by atoms with Gasteiger partial charge in [-0.15, -0.1) is 0 Å². The van der Waals surface area contributed by atoms with Gasteiger partial charge in [0.1, 0.15) is 0 Å². The van der Waals surface area contributed by atoms with Crippen molar-refractivity contribution >= 4 is 23.5 Å². The summed E-state index contributed by atoms with van der Waals surface area (Å²) in [7, 11) is 0. The average molecular weight is 320 g/mol. The van der Waals surface area contributed by atoms with Crippen molar-refractivity contribution in [2.45, 2.75) is 20.3 Å². The highest BCUT2D eigenvalue weighted by Gasteiger charge is 2.21. The van der Waals surface area contributed by atoms with Crippen molar-refractivity contribution in [3.05, 3.63) is 34.4 Å². The van der Waals surface area contributed by atoms with Crippen LogP contribution in [0.3, 0.4) is 0 Å². The Balaban J connectivity index is 2.77.